The van der Waals surface area contributed by atoms with Gasteiger partial charge in [-0.05, 0) is 30.7 Å². The lowest BCUT2D eigenvalue weighted by atomic mass is 10.1. The standard InChI is InChI=1S/C22H22ClF2N5O/c23-17-3-1-15(2-4-17)21-22(16-5-8-26-9-6-16)30(14-27-21)13-20(31)28-18-7-10-29(11-18)12-19(24)25/h1-6,8-9,14,18-19H,7,10-13H2,(H,28,31). The van der Waals surface area contributed by atoms with E-state index in [9.17, 15) is 13.6 Å². The highest BCUT2D eigenvalue weighted by Crippen LogP contribution is 2.31. The summed E-state index contributed by atoms with van der Waals surface area (Å²) in [5.74, 6) is -0.181. The van der Waals surface area contributed by atoms with Crippen LogP contribution in [0.3, 0.4) is 0 Å². The third-order valence-electron chi connectivity index (χ3n) is 5.26. The summed E-state index contributed by atoms with van der Waals surface area (Å²) in [7, 11) is 0. The van der Waals surface area contributed by atoms with Gasteiger partial charge in [-0.1, -0.05) is 23.7 Å². The highest BCUT2D eigenvalue weighted by atomic mass is 35.5. The maximum absolute atomic E-state index is 12.7. The van der Waals surface area contributed by atoms with Gasteiger partial charge in [0, 0.05) is 47.7 Å². The quantitative estimate of drug-likeness (QED) is 0.602. The van der Waals surface area contributed by atoms with E-state index in [-0.39, 0.29) is 25.0 Å². The summed E-state index contributed by atoms with van der Waals surface area (Å²) < 4.78 is 27.0. The number of pyridine rings is 1. The van der Waals surface area contributed by atoms with Crippen LogP contribution < -0.4 is 5.32 Å². The van der Waals surface area contributed by atoms with E-state index in [0.717, 1.165) is 22.5 Å². The molecule has 0 bridgehead atoms. The fraction of sp³-hybridized carbons (Fsp3) is 0.318. The number of alkyl halides is 2. The van der Waals surface area contributed by atoms with E-state index in [1.807, 2.05) is 24.3 Å². The number of benzene rings is 1. The summed E-state index contributed by atoms with van der Waals surface area (Å²) in [6, 6.07) is 11.0. The molecule has 3 aromatic rings. The van der Waals surface area contributed by atoms with Crippen LogP contribution in [0, 0.1) is 0 Å². The highest BCUT2D eigenvalue weighted by molar-refractivity contribution is 6.30. The van der Waals surface area contributed by atoms with Crippen molar-refractivity contribution in [1.29, 1.82) is 0 Å². The molecular weight excluding hydrogens is 424 g/mol. The fourth-order valence-electron chi connectivity index (χ4n) is 3.87. The van der Waals surface area contributed by atoms with Crippen LogP contribution >= 0.6 is 11.6 Å². The predicted molar refractivity (Wildman–Crippen MR) is 115 cm³/mol. The van der Waals surface area contributed by atoms with Gasteiger partial charge in [0.2, 0.25) is 5.91 Å². The van der Waals surface area contributed by atoms with E-state index in [0.29, 0.717) is 24.5 Å². The van der Waals surface area contributed by atoms with Crippen LogP contribution in [0.4, 0.5) is 8.78 Å². The van der Waals surface area contributed by atoms with Crippen molar-refractivity contribution in [2.24, 2.45) is 0 Å². The van der Waals surface area contributed by atoms with Crippen molar-refractivity contribution in [2.75, 3.05) is 19.6 Å². The smallest absolute Gasteiger partial charge is 0.251 e. The molecule has 162 valence electrons. The summed E-state index contributed by atoms with van der Waals surface area (Å²) in [5, 5.41) is 3.59. The van der Waals surface area contributed by atoms with Gasteiger partial charge in [-0.15, -0.1) is 0 Å². The minimum atomic E-state index is -2.37. The number of hydrogen-bond donors (Lipinski definition) is 1. The number of nitrogens with one attached hydrogen (secondary N) is 1. The number of rotatable bonds is 7. The summed E-state index contributed by atoms with van der Waals surface area (Å²) in [5.41, 5.74) is 3.30. The van der Waals surface area contributed by atoms with E-state index in [2.05, 4.69) is 15.3 Å². The molecule has 1 atom stereocenters. The Morgan fingerprint density at radius 2 is 1.90 bits per heavy atom. The maximum atomic E-state index is 12.7. The molecule has 3 heterocycles. The van der Waals surface area contributed by atoms with Crippen LogP contribution in [0.25, 0.3) is 22.5 Å². The molecule has 1 aromatic carbocycles. The predicted octanol–water partition coefficient (Wildman–Crippen LogP) is 3.72. The normalized spacial score (nSPS) is 16.7. The Balaban J connectivity index is 1.53. The molecule has 1 aliphatic heterocycles. The second kappa shape index (κ2) is 9.53. The van der Waals surface area contributed by atoms with Crippen molar-refractivity contribution in [2.45, 2.75) is 25.4 Å². The minimum absolute atomic E-state index is 0.0730. The van der Waals surface area contributed by atoms with Crippen LogP contribution in [0.2, 0.25) is 5.02 Å². The Bertz CT molecular complexity index is 1030. The lowest BCUT2D eigenvalue weighted by Crippen LogP contribution is -2.39. The largest absolute Gasteiger partial charge is 0.350 e. The zero-order valence-corrected chi connectivity index (χ0v) is 17.5. The highest BCUT2D eigenvalue weighted by Gasteiger charge is 2.26. The van der Waals surface area contributed by atoms with Crippen molar-refractivity contribution >= 4 is 17.5 Å². The Hall–Kier alpha value is -2.84. The fourth-order valence-corrected chi connectivity index (χ4v) is 4.00. The summed E-state index contributed by atoms with van der Waals surface area (Å²) in [6.45, 7) is 0.810. The molecule has 0 radical (unpaired) electrons. The number of likely N-dealkylation sites (tertiary alicyclic amines) is 1. The summed E-state index contributed by atoms with van der Waals surface area (Å²) in [4.78, 5) is 23.0. The van der Waals surface area contributed by atoms with E-state index < -0.39 is 6.43 Å². The lowest BCUT2D eigenvalue weighted by Gasteiger charge is -2.17. The molecule has 1 saturated heterocycles. The molecule has 4 rings (SSSR count). The van der Waals surface area contributed by atoms with Gasteiger partial charge in [0.1, 0.15) is 6.54 Å². The van der Waals surface area contributed by atoms with Gasteiger partial charge in [0.05, 0.1) is 24.3 Å². The first kappa shape index (κ1) is 21.4. The van der Waals surface area contributed by atoms with Crippen LogP contribution in [0.1, 0.15) is 6.42 Å². The number of imidazole rings is 1. The zero-order valence-electron chi connectivity index (χ0n) is 16.7. The molecule has 1 fully saturated rings. The number of halogens is 3. The van der Waals surface area contributed by atoms with E-state index in [1.165, 1.54) is 0 Å². The second-order valence-corrected chi connectivity index (χ2v) is 7.95. The molecule has 1 aliphatic rings. The summed E-state index contributed by atoms with van der Waals surface area (Å²) in [6.07, 6.45) is 3.31. The molecule has 1 N–H and O–H groups in total. The van der Waals surface area contributed by atoms with Gasteiger partial charge < -0.3 is 9.88 Å². The lowest BCUT2D eigenvalue weighted by molar-refractivity contribution is -0.122. The van der Waals surface area contributed by atoms with Gasteiger partial charge in [0.25, 0.3) is 6.43 Å². The number of carbonyl (C=O) groups is 1. The van der Waals surface area contributed by atoms with Crippen molar-refractivity contribution in [3.05, 3.63) is 60.1 Å². The number of amides is 1. The zero-order chi connectivity index (χ0) is 21.8. The Morgan fingerprint density at radius 1 is 1.16 bits per heavy atom. The van der Waals surface area contributed by atoms with Gasteiger partial charge >= 0.3 is 0 Å². The number of hydrogen-bond acceptors (Lipinski definition) is 4. The topological polar surface area (TPSA) is 63.1 Å². The van der Waals surface area contributed by atoms with Gasteiger partial charge in [-0.25, -0.2) is 13.8 Å². The molecule has 0 spiro atoms. The van der Waals surface area contributed by atoms with Crippen LogP contribution in [-0.4, -0.2) is 57.4 Å². The number of carbonyl (C=O) groups excluding carboxylic acids is 1. The molecule has 1 unspecified atom stereocenters. The first-order valence-corrected chi connectivity index (χ1v) is 10.4. The first-order chi connectivity index (χ1) is 15.0. The average Bonchev–Trinajstić information content (AvgIpc) is 3.35. The molecule has 6 nitrogen and oxygen atoms in total. The van der Waals surface area contributed by atoms with Crippen molar-refractivity contribution in [3.63, 3.8) is 0 Å². The molecule has 31 heavy (non-hydrogen) atoms. The monoisotopic (exact) mass is 445 g/mol. The van der Waals surface area contributed by atoms with E-state index in [1.54, 1.807) is 40.3 Å². The molecule has 0 saturated carbocycles. The SMILES string of the molecule is O=C(Cn1cnc(-c2ccc(Cl)cc2)c1-c1ccncc1)NC1CCN(CC(F)F)C1. The van der Waals surface area contributed by atoms with Gasteiger partial charge in [-0.2, -0.15) is 0 Å². The summed E-state index contributed by atoms with van der Waals surface area (Å²) >= 11 is 6.02. The number of aromatic nitrogens is 3. The van der Waals surface area contributed by atoms with Gasteiger partial charge in [-0.3, -0.25) is 14.7 Å². The molecule has 2 aromatic heterocycles. The molecule has 1 amide bonds. The van der Waals surface area contributed by atoms with Gasteiger partial charge in [0.15, 0.2) is 0 Å². The third-order valence-corrected chi connectivity index (χ3v) is 5.51. The number of nitrogens with zero attached hydrogens (tertiary/aromatic N) is 4. The van der Waals surface area contributed by atoms with E-state index >= 15 is 0 Å². The van der Waals surface area contributed by atoms with Crippen molar-refractivity contribution < 1.29 is 13.6 Å². The maximum Gasteiger partial charge on any atom is 0.251 e. The second-order valence-electron chi connectivity index (χ2n) is 7.52. The Kier molecular flexibility index (Phi) is 6.58. The minimum Gasteiger partial charge on any atom is -0.350 e. The van der Waals surface area contributed by atoms with Crippen molar-refractivity contribution in [1.82, 2.24) is 24.8 Å². The average molecular weight is 446 g/mol. The Morgan fingerprint density at radius 3 is 2.61 bits per heavy atom. The third kappa shape index (κ3) is 5.26. The van der Waals surface area contributed by atoms with Crippen LogP contribution in [0.5, 0.6) is 0 Å². The van der Waals surface area contributed by atoms with Crippen molar-refractivity contribution in [3.8, 4) is 22.5 Å². The molecule has 9 heteroatoms. The molecule has 0 aliphatic carbocycles. The molecular formula is C22H22ClF2N5O. The van der Waals surface area contributed by atoms with Crippen LogP contribution in [-0.2, 0) is 11.3 Å². The Labute approximate surface area is 183 Å². The van der Waals surface area contributed by atoms with Crippen LogP contribution in [0.15, 0.2) is 55.1 Å². The van der Waals surface area contributed by atoms with E-state index in [4.69, 9.17) is 11.6 Å². The first-order valence-electron chi connectivity index (χ1n) is 10.0.